The Balaban J connectivity index is 1.96. The van der Waals surface area contributed by atoms with Gasteiger partial charge in [0.2, 0.25) is 0 Å². The molecule has 12 heteroatoms. The van der Waals surface area contributed by atoms with Gasteiger partial charge in [-0.2, -0.15) is 18.3 Å². The Morgan fingerprint density at radius 3 is 2.60 bits per heavy atom. The Labute approximate surface area is 203 Å². The first kappa shape index (κ1) is 25.4. The number of rotatable bonds is 9. The molecule has 0 saturated carbocycles. The highest BCUT2D eigenvalue weighted by molar-refractivity contribution is 6.33. The minimum atomic E-state index is -4.83. The highest BCUT2D eigenvalue weighted by atomic mass is 35.5. The lowest BCUT2D eigenvalue weighted by atomic mass is 10.1. The Morgan fingerprint density at radius 2 is 1.94 bits per heavy atom. The smallest absolute Gasteiger partial charge is 0.354 e. The molecular formula is C23H20ClF3N8. The Morgan fingerprint density at radius 1 is 1.17 bits per heavy atom. The third-order valence-electron chi connectivity index (χ3n) is 4.71. The zero-order valence-electron chi connectivity index (χ0n) is 18.3. The van der Waals surface area contributed by atoms with Crippen molar-refractivity contribution in [1.82, 2.24) is 9.97 Å². The normalized spacial score (nSPS) is 12.3. The Bertz CT molecular complexity index is 1350. The largest absolute Gasteiger partial charge is 0.431 e. The first-order valence-electron chi connectivity index (χ1n) is 9.99. The molecule has 0 aliphatic carbocycles. The number of hydrazone groups is 1. The summed E-state index contributed by atoms with van der Waals surface area (Å²) in [4.78, 5) is 8.29. The van der Waals surface area contributed by atoms with E-state index in [0.29, 0.717) is 17.1 Å². The fourth-order valence-corrected chi connectivity index (χ4v) is 3.33. The molecule has 0 saturated heterocycles. The van der Waals surface area contributed by atoms with Gasteiger partial charge >= 0.3 is 6.18 Å². The van der Waals surface area contributed by atoms with E-state index < -0.39 is 17.4 Å². The molecule has 0 fully saturated rings. The van der Waals surface area contributed by atoms with Crippen LogP contribution in [0.3, 0.4) is 0 Å². The fraction of sp³-hybridized carbons (Fsp3) is 0.0870. The van der Waals surface area contributed by atoms with Crippen molar-refractivity contribution in [3.63, 3.8) is 0 Å². The summed E-state index contributed by atoms with van der Waals surface area (Å²) in [5.41, 5.74) is 2.45. The molecule has 8 nitrogen and oxygen atoms in total. The number of nitrogens with one attached hydrogen (secondary N) is 5. The summed E-state index contributed by atoms with van der Waals surface area (Å²) in [5, 5.41) is 24.0. The number of anilines is 3. The molecule has 0 radical (unpaired) electrons. The predicted molar refractivity (Wildman–Crippen MR) is 135 cm³/mol. The van der Waals surface area contributed by atoms with Crippen molar-refractivity contribution in [2.24, 2.45) is 5.10 Å². The van der Waals surface area contributed by atoms with Gasteiger partial charge in [-0.05, 0) is 36.8 Å². The second kappa shape index (κ2) is 10.8. The van der Waals surface area contributed by atoms with Crippen molar-refractivity contribution in [3.8, 4) is 0 Å². The molecule has 0 aliphatic heterocycles. The van der Waals surface area contributed by atoms with Crippen LogP contribution < -0.4 is 16.1 Å². The average molecular weight is 501 g/mol. The zero-order chi connectivity index (χ0) is 25.6. The van der Waals surface area contributed by atoms with Gasteiger partial charge in [0.15, 0.2) is 5.82 Å². The van der Waals surface area contributed by atoms with Crippen LogP contribution >= 0.6 is 11.6 Å². The topological polar surface area (TPSA) is 122 Å². The number of hydrogen-bond donors (Lipinski definition) is 5. The van der Waals surface area contributed by atoms with E-state index in [1.54, 1.807) is 24.4 Å². The fourth-order valence-electron chi connectivity index (χ4n) is 3.12. The summed E-state index contributed by atoms with van der Waals surface area (Å²) in [6.45, 7) is 5.49. The van der Waals surface area contributed by atoms with Crippen LogP contribution in [0.4, 0.5) is 30.4 Å². The van der Waals surface area contributed by atoms with Crippen LogP contribution in [0.25, 0.3) is 10.9 Å². The molecule has 0 amide bonds. The first-order valence-corrected chi connectivity index (χ1v) is 10.4. The van der Waals surface area contributed by atoms with Gasteiger partial charge < -0.3 is 21.5 Å². The van der Waals surface area contributed by atoms with E-state index in [0.717, 1.165) is 11.8 Å². The lowest BCUT2D eigenvalue weighted by Crippen LogP contribution is -2.24. The van der Waals surface area contributed by atoms with Crippen molar-refractivity contribution < 1.29 is 13.2 Å². The highest BCUT2D eigenvalue weighted by Gasteiger charge is 2.37. The molecule has 0 aliphatic rings. The molecule has 180 valence electrons. The number of aryl methyl sites for hydroxylation is 1. The maximum Gasteiger partial charge on any atom is 0.431 e. The molecule has 3 rings (SSSR count). The maximum absolute atomic E-state index is 14.1. The summed E-state index contributed by atoms with van der Waals surface area (Å²) in [5.74, 6) is 0.182. The lowest BCUT2D eigenvalue weighted by molar-refractivity contribution is -0.0906. The molecule has 35 heavy (non-hydrogen) atoms. The average Bonchev–Trinajstić information content (AvgIpc) is 2.81. The van der Waals surface area contributed by atoms with Gasteiger partial charge in [0.1, 0.15) is 5.70 Å². The molecule has 3 aromatic rings. The third-order valence-corrected chi connectivity index (χ3v) is 5.00. The standard InChI is InChI=1S/C23H20ClF3N8/c1-13-5-6-19(16-4-3-8-30-20(13)16)34-21(23(25,26)27)17(11-29)14(2)33-15-10-18(24)22(31-12-15)35-32-9-7-28/h3-12,28-29,33-34H,2H2,1H3,(H,31,35)/b21-17+,28-7?,29-11?,32-9-. The molecule has 0 atom stereocenters. The van der Waals surface area contributed by atoms with E-state index >= 15 is 0 Å². The van der Waals surface area contributed by atoms with Crippen LogP contribution in [0, 0.1) is 17.7 Å². The Kier molecular flexibility index (Phi) is 7.82. The first-order chi connectivity index (χ1) is 16.7. The molecule has 2 heterocycles. The van der Waals surface area contributed by atoms with Gasteiger partial charge in [-0.1, -0.05) is 24.2 Å². The number of nitrogens with zero attached hydrogens (tertiary/aromatic N) is 3. The second-order valence-electron chi connectivity index (χ2n) is 7.10. The summed E-state index contributed by atoms with van der Waals surface area (Å²) in [6.07, 6.45) is 0.736. The number of fused-ring (bicyclic) bond motifs is 1. The molecule has 1 aromatic carbocycles. The van der Waals surface area contributed by atoms with E-state index in [4.69, 9.17) is 22.4 Å². The van der Waals surface area contributed by atoms with Gasteiger partial charge in [-0.3, -0.25) is 10.4 Å². The van der Waals surface area contributed by atoms with E-state index in [9.17, 15) is 13.2 Å². The van der Waals surface area contributed by atoms with E-state index in [1.165, 1.54) is 24.5 Å². The molecular weight excluding hydrogens is 481 g/mol. The van der Waals surface area contributed by atoms with Crippen molar-refractivity contribution in [2.45, 2.75) is 13.1 Å². The molecule has 0 spiro atoms. The van der Waals surface area contributed by atoms with Gasteiger partial charge in [0.25, 0.3) is 0 Å². The number of halogens is 4. The maximum atomic E-state index is 14.1. The molecule has 2 aromatic heterocycles. The summed E-state index contributed by atoms with van der Waals surface area (Å²) in [7, 11) is 0. The van der Waals surface area contributed by atoms with Gasteiger partial charge in [0.05, 0.1) is 28.6 Å². The predicted octanol–water partition coefficient (Wildman–Crippen LogP) is 6.14. The summed E-state index contributed by atoms with van der Waals surface area (Å²) < 4.78 is 42.3. The summed E-state index contributed by atoms with van der Waals surface area (Å²) >= 11 is 6.14. The van der Waals surface area contributed by atoms with Crippen LogP contribution in [0.15, 0.2) is 71.4 Å². The van der Waals surface area contributed by atoms with E-state index in [2.05, 4.69) is 37.7 Å². The SMILES string of the molecule is C=C(Nc1cnc(N/N=C\C=N)c(Cl)c1)/C(C=N)=C(/Nc1ccc(C)c2ncccc12)C(F)(F)F. The van der Waals surface area contributed by atoms with Crippen molar-refractivity contribution in [3.05, 3.63) is 76.9 Å². The van der Waals surface area contributed by atoms with Crippen molar-refractivity contribution >= 4 is 58.3 Å². The lowest BCUT2D eigenvalue weighted by Gasteiger charge is -2.21. The number of allylic oxidation sites excluding steroid dienone is 2. The zero-order valence-corrected chi connectivity index (χ0v) is 19.1. The summed E-state index contributed by atoms with van der Waals surface area (Å²) in [6, 6.07) is 7.90. The Hall–Kier alpha value is -4.25. The second-order valence-corrected chi connectivity index (χ2v) is 7.51. The number of aromatic nitrogens is 2. The van der Waals surface area contributed by atoms with Crippen molar-refractivity contribution in [2.75, 3.05) is 16.1 Å². The number of pyridine rings is 2. The van der Waals surface area contributed by atoms with Crippen LogP contribution in [-0.4, -0.2) is 34.8 Å². The molecule has 5 N–H and O–H groups in total. The quantitative estimate of drug-likeness (QED) is 0.137. The van der Waals surface area contributed by atoms with E-state index in [-0.39, 0.29) is 27.9 Å². The molecule has 0 bridgehead atoms. The monoisotopic (exact) mass is 500 g/mol. The highest BCUT2D eigenvalue weighted by Crippen LogP contribution is 2.34. The van der Waals surface area contributed by atoms with Crippen LogP contribution in [0.1, 0.15) is 5.56 Å². The number of hydrogen-bond acceptors (Lipinski definition) is 8. The van der Waals surface area contributed by atoms with Gasteiger partial charge in [-0.25, -0.2) is 4.98 Å². The number of benzene rings is 1. The van der Waals surface area contributed by atoms with E-state index in [1.807, 2.05) is 6.92 Å². The van der Waals surface area contributed by atoms with Crippen LogP contribution in [0.5, 0.6) is 0 Å². The number of alkyl halides is 3. The van der Waals surface area contributed by atoms with Crippen molar-refractivity contribution in [1.29, 1.82) is 10.8 Å². The molecule has 0 unspecified atom stereocenters. The minimum absolute atomic E-state index is 0.123. The minimum Gasteiger partial charge on any atom is -0.354 e. The van der Waals surface area contributed by atoms with Gasteiger partial charge in [-0.15, -0.1) is 0 Å². The third kappa shape index (κ3) is 6.01. The van der Waals surface area contributed by atoms with Crippen LogP contribution in [-0.2, 0) is 0 Å². The van der Waals surface area contributed by atoms with Gasteiger partial charge in [0, 0.05) is 41.0 Å². The van der Waals surface area contributed by atoms with Crippen LogP contribution in [0.2, 0.25) is 5.02 Å².